The van der Waals surface area contributed by atoms with Crippen molar-refractivity contribution in [3.8, 4) is 0 Å². The van der Waals surface area contributed by atoms with Gasteiger partial charge in [-0.3, -0.25) is 4.79 Å². The van der Waals surface area contributed by atoms with Crippen LogP contribution < -0.4 is 0 Å². The molecule has 0 spiro atoms. The van der Waals surface area contributed by atoms with E-state index in [1.807, 2.05) is 0 Å². The molecule has 0 N–H and O–H groups in total. The molecule has 1 saturated heterocycles. The molecule has 7 atom stereocenters. The van der Waals surface area contributed by atoms with Crippen molar-refractivity contribution in [2.75, 3.05) is 6.61 Å². The average molecular weight is 399 g/mol. The fourth-order valence-electron chi connectivity index (χ4n) is 7.89. The fourth-order valence-corrected chi connectivity index (χ4v) is 7.89. The second kappa shape index (κ2) is 7.34. The fraction of sp³-hybridized carbons (Fsp3) is 0.808. The van der Waals surface area contributed by atoms with Crippen LogP contribution in [0.15, 0.2) is 23.3 Å². The van der Waals surface area contributed by atoms with Crippen LogP contribution in [0.1, 0.15) is 85.0 Å². The van der Waals surface area contributed by atoms with Crippen LogP contribution >= 0.6 is 0 Å². The molecule has 0 aromatic heterocycles. The number of carbonyl (C=O) groups excluding carboxylic acids is 1. The van der Waals surface area contributed by atoms with E-state index in [2.05, 4.69) is 26.0 Å². The highest BCUT2D eigenvalue weighted by molar-refractivity contribution is 5.95. The lowest BCUT2D eigenvalue weighted by molar-refractivity contribution is -0.195. The highest BCUT2D eigenvalue weighted by Gasteiger charge is 2.57. The molecule has 0 aromatic carbocycles. The first-order valence-electron chi connectivity index (χ1n) is 12.1. The number of carbonyl (C=O) groups is 1. The number of hydrogen-bond acceptors (Lipinski definition) is 3. The van der Waals surface area contributed by atoms with Crippen molar-refractivity contribution in [2.24, 2.45) is 28.6 Å². The van der Waals surface area contributed by atoms with Gasteiger partial charge in [-0.05, 0) is 105 Å². The van der Waals surface area contributed by atoms with E-state index in [1.54, 1.807) is 12.5 Å². The Labute approximate surface area is 176 Å². The summed E-state index contributed by atoms with van der Waals surface area (Å²) >= 11 is 0. The van der Waals surface area contributed by atoms with Gasteiger partial charge in [-0.2, -0.15) is 0 Å². The number of ether oxygens (including phenoxy) is 2. The van der Waals surface area contributed by atoms with Crippen molar-refractivity contribution in [2.45, 2.75) is 97.4 Å². The van der Waals surface area contributed by atoms with Crippen LogP contribution in [0, 0.1) is 28.6 Å². The highest BCUT2D eigenvalue weighted by Crippen LogP contribution is 2.65. The predicted molar refractivity (Wildman–Crippen MR) is 114 cm³/mol. The standard InChI is InChI=1S/C26H38O3/c1-17(27)21-9-10-22-20-8-7-18-16-19(29-24-6-4-5-15-28-24)11-13-25(18,2)23(20)12-14-26(21,22)3/h7,9,19-20,22-24H,4-6,8,10-16H2,1-3H3/t19-,20-,22-,23-,24?,25-,26+/m0/s1. The van der Waals surface area contributed by atoms with E-state index >= 15 is 0 Å². The molecular formula is C26H38O3. The Kier molecular flexibility index (Phi) is 5.06. The van der Waals surface area contributed by atoms with Crippen molar-refractivity contribution in [3.05, 3.63) is 23.3 Å². The molecule has 3 fully saturated rings. The summed E-state index contributed by atoms with van der Waals surface area (Å²) in [7, 11) is 0. The Balaban J connectivity index is 1.32. The second-order valence-electron chi connectivity index (χ2n) is 10.9. The van der Waals surface area contributed by atoms with Gasteiger partial charge in [0, 0.05) is 6.61 Å². The summed E-state index contributed by atoms with van der Waals surface area (Å²) in [6.07, 6.45) is 17.0. The van der Waals surface area contributed by atoms with Crippen molar-refractivity contribution in [1.82, 2.24) is 0 Å². The molecule has 160 valence electrons. The predicted octanol–water partition coefficient (Wildman–Crippen LogP) is 5.99. The molecule has 0 radical (unpaired) electrons. The Bertz CT molecular complexity index is 730. The minimum atomic E-state index is 0.0278. The average Bonchev–Trinajstić information content (AvgIpc) is 3.06. The summed E-state index contributed by atoms with van der Waals surface area (Å²) in [5, 5.41) is 0. The zero-order valence-corrected chi connectivity index (χ0v) is 18.5. The molecule has 1 heterocycles. The number of ketones is 1. The van der Waals surface area contributed by atoms with E-state index in [-0.39, 0.29) is 11.7 Å². The van der Waals surface area contributed by atoms with Gasteiger partial charge in [0.15, 0.2) is 12.1 Å². The molecule has 4 aliphatic carbocycles. The first-order chi connectivity index (χ1) is 13.9. The number of Topliss-reactive ketones (excluding diaryl/α,β-unsaturated/α-hetero) is 1. The van der Waals surface area contributed by atoms with Crippen LogP contribution in [-0.2, 0) is 14.3 Å². The summed E-state index contributed by atoms with van der Waals surface area (Å²) in [5.74, 6) is 2.45. The summed E-state index contributed by atoms with van der Waals surface area (Å²) in [4.78, 5) is 12.3. The third-order valence-electron chi connectivity index (χ3n) is 9.50. The van der Waals surface area contributed by atoms with Gasteiger partial charge >= 0.3 is 0 Å². The third kappa shape index (κ3) is 3.19. The Morgan fingerprint density at radius 2 is 1.86 bits per heavy atom. The Morgan fingerprint density at radius 3 is 2.62 bits per heavy atom. The maximum Gasteiger partial charge on any atom is 0.157 e. The molecule has 5 rings (SSSR count). The van der Waals surface area contributed by atoms with Crippen molar-refractivity contribution in [3.63, 3.8) is 0 Å². The molecule has 2 saturated carbocycles. The number of fused-ring (bicyclic) bond motifs is 5. The molecule has 29 heavy (non-hydrogen) atoms. The lowest BCUT2D eigenvalue weighted by Gasteiger charge is -2.57. The molecule has 3 heteroatoms. The number of hydrogen-bond donors (Lipinski definition) is 0. The van der Waals surface area contributed by atoms with E-state index in [4.69, 9.17) is 9.47 Å². The van der Waals surface area contributed by atoms with Gasteiger partial charge in [-0.15, -0.1) is 0 Å². The molecule has 1 unspecified atom stereocenters. The molecule has 0 bridgehead atoms. The smallest absolute Gasteiger partial charge is 0.157 e. The topological polar surface area (TPSA) is 35.5 Å². The first-order valence-corrected chi connectivity index (χ1v) is 12.1. The maximum absolute atomic E-state index is 12.3. The number of rotatable bonds is 3. The van der Waals surface area contributed by atoms with Gasteiger partial charge < -0.3 is 9.47 Å². The van der Waals surface area contributed by atoms with E-state index in [0.29, 0.717) is 23.2 Å². The number of allylic oxidation sites excluding steroid dienone is 3. The second-order valence-corrected chi connectivity index (χ2v) is 10.9. The van der Waals surface area contributed by atoms with Gasteiger partial charge in [0.2, 0.25) is 0 Å². The third-order valence-corrected chi connectivity index (χ3v) is 9.50. The van der Waals surface area contributed by atoms with E-state index < -0.39 is 0 Å². The molecule has 1 aliphatic heterocycles. The summed E-state index contributed by atoms with van der Waals surface area (Å²) < 4.78 is 12.2. The zero-order valence-electron chi connectivity index (χ0n) is 18.5. The SMILES string of the molecule is CC(=O)C1=CC[C@H]2[C@@H]3CC=C4C[C@@H](OC5CCCCO5)CC[C@]4(C)[C@H]3CC[C@]12C. The monoisotopic (exact) mass is 398 g/mol. The molecule has 0 aromatic rings. The Morgan fingerprint density at radius 1 is 1.03 bits per heavy atom. The van der Waals surface area contributed by atoms with Crippen LogP contribution in [-0.4, -0.2) is 24.8 Å². The van der Waals surface area contributed by atoms with Crippen LogP contribution in [0.3, 0.4) is 0 Å². The quantitative estimate of drug-likeness (QED) is 0.548. The van der Waals surface area contributed by atoms with E-state index in [0.717, 1.165) is 49.7 Å². The zero-order chi connectivity index (χ0) is 20.2. The van der Waals surface area contributed by atoms with Gasteiger partial charge in [-0.25, -0.2) is 0 Å². The van der Waals surface area contributed by atoms with Crippen molar-refractivity contribution >= 4 is 5.78 Å². The summed E-state index contributed by atoms with van der Waals surface area (Å²) in [6, 6.07) is 0. The van der Waals surface area contributed by atoms with E-state index in [9.17, 15) is 4.79 Å². The summed E-state index contributed by atoms with van der Waals surface area (Å²) in [6.45, 7) is 7.55. The largest absolute Gasteiger partial charge is 0.353 e. The molecule has 3 nitrogen and oxygen atoms in total. The van der Waals surface area contributed by atoms with Crippen molar-refractivity contribution < 1.29 is 14.3 Å². The van der Waals surface area contributed by atoms with Crippen molar-refractivity contribution in [1.29, 1.82) is 0 Å². The minimum absolute atomic E-state index is 0.0278. The van der Waals surface area contributed by atoms with Crippen LogP contribution in [0.4, 0.5) is 0 Å². The van der Waals surface area contributed by atoms with Gasteiger partial charge in [-0.1, -0.05) is 31.6 Å². The lowest BCUT2D eigenvalue weighted by Crippen LogP contribution is -2.50. The van der Waals surface area contributed by atoms with Gasteiger partial charge in [0.05, 0.1) is 6.10 Å². The first kappa shape index (κ1) is 20.0. The van der Waals surface area contributed by atoms with Crippen LogP contribution in [0.25, 0.3) is 0 Å². The van der Waals surface area contributed by atoms with Gasteiger partial charge in [0.25, 0.3) is 0 Å². The molecule has 5 aliphatic rings. The van der Waals surface area contributed by atoms with E-state index in [1.165, 1.54) is 38.5 Å². The highest BCUT2D eigenvalue weighted by atomic mass is 16.7. The minimum Gasteiger partial charge on any atom is -0.353 e. The maximum atomic E-state index is 12.3. The van der Waals surface area contributed by atoms with Gasteiger partial charge in [0.1, 0.15) is 0 Å². The van der Waals surface area contributed by atoms with Crippen LogP contribution in [0.2, 0.25) is 0 Å². The molecular weight excluding hydrogens is 360 g/mol. The van der Waals surface area contributed by atoms with Crippen LogP contribution in [0.5, 0.6) is 0 Å². The summed E-state index contributed by atoms with van der Waals surface area (Å²) in [5.41, 5.74) is 3.24. The Hall–Kier alpha value is -0.930. The lowest BCUT2D eigenvalue weighted by atomic mass is 9.47. The normalized spacial score (nSPS) is 46.8. The molecule has 0 amide bonds.